The van der Waals surface area contributed by atoms with Crippen LogP contribution in [0.25, 0.3) is 33.4 Å². The van der Waals surface area contributed by atoms with E-state index in [1.807, 2.05) is 0 Å². The molecule has 0 aromatic heterocycles. The highest BCUT2D eigenvalue weighted by atomic mass is 15.2. The van der Waals surface area contributed by atoms with Crippen LogP contribution in [0.4, 0.5) is 34.1 Å². The van der Waals surface area contributed by atoms with Crippen molar-refractivity contribution >= 4 is 34.1 Å². The van der Waals surface area contributed by atoms with Crippen LogP contribution in [0, 0.1) is 0 Å². The molecule has 3 aliphatic carbocycles. The van der Waals surface area contributed by atoms with E-state index in [4.69, 9.17) is 0 Å². The van der Waals surface area contributed by atoms with Crippen molar-refractivity contribution in [3.05, 3.63) is 215 Å². The molecule has 0 heterocycles. The average Bonchev–Trinajstić information content (AvgIpc) is 3.88. The molecule has 0 atom stereocenters. The lowest BCUT2D eigenvalue weighted by molar-refractivity contribution is 0.490. The van der Waals surface area contributed by atoms with Gasteiger partial charge in [-0.3, -0.25) is 0 Å². The Morgan fingerprint density at radius 3 is 1.22 bits per heavy atom. The van der Waals surface area contributed by atoms with Crippen LogP contribution in [0.15, 0.2) is 182 Å². The molecule has 2 heteroatoms. The Morgan fingerprint density at radius 1 is 0.317 bits per heavy atom. The molecule has 0 radical (unpaired) electrons. The second-order valence-corrected chi connectivity index (χ2v) is 18.5. The lowest BCUT2D eigenvalue weighted by Crippen LogP contribution is -2.24. The average molecular weight is 817 g/mol. The van der Waals surface area contributed by atoms with E-state index in [0.29, 0.717) is 0 Å². The Labute approximate surface area is 374 Å². The van der Waals surface area contributed by atoms with Gasteiger partial charge in [-0.2, -0.15) is 0 Å². The van der Waals surface area contributed by atoms with Gasteiger partial charge in [-0.25, -0.2) is 0 Å². The Balaban J connectivity index is 1.19. The normalized spacial score (nSPS) is 15.1. The molecule has 0 fully saturated rings. The third-order valence-corrected chi connectivity index (χ3v) is 15.6. The van der Waals surface area contributed by atoms with Gasteiger partial charge < -0.3 is 9.80 Å². The first kappa shape index (κ1) is 39.2. The van der Waals surface area contributed by atoms with Gasteiger partial charge in [0.15, 0.2) is 0 Å². The minimum absolute atomic E-state index is 0.0411. The first-order valence-electron chi connectivity index (χ1n) is 23.3. The summed E-state index contributed by atoms with van der Waals surface area (Å²) in [7, 11) is 0. The molecule has 0 spiro atoms. The topological polar surface area (TPSA) is 6.48 Å². The van der Waals surface area contributed by atoms with Gasteiger partial charge in [-0.15, -0.1) is 0 Å². The molecule has 2 nitrogen and oxygen atoms in total. The van der Waals surface area contributed by atoms with Gasteiger partial charge >= 0.3 is 0 Å². The predicted octanol–water partition coefficient (Wildman–Crippen LogP) is 17.1. The number of hydrogen-bond donors (Lipinski definition) is 0. The van der Waals surface area contributed by atoms with E-state index in [9.17, 15) is 0 Å². The van der Waals surface area contributed by atoms with Crippen molar-refractivity contribution < 1.29 is 0 Å². The monoisotopic (exact) mass is 816 g/mol. The van der Waals surface area contributed by atoms with Gasteiger partial charge in [0.25, 0.3) is 0 Å². The van der Waals surface area contributed by atoms with E-state index in [-0.39, 0.29) is 16.2 Å². The van der Waals surface area contributed by atoms with Gasteiger partial charge in [-0.05, 0) is 148 Å². The van der Waals surface area contributed by atoms with Gasteiger partial charge in [0.05, 0.1) is 5.69 Å². The summed E-state index contributed by atoms with van der Waals surface area (Å²) in [5.41, 5.74) is 23.2. The van der Waals surface area contributed by atoms with Gasteiger partial charge in [-0.1, -0.05) is 163 Å². The zero-order valence-corrected chi connectivity index (χ0v) is 37.5. The van der Waals surface area contributed by atoms with Crippen molar-refractivity contribution in [3.63, 3.8) is 0 Å². The second kappa shape index (κ2) is 14.7. The largest absolute Gasteiger partial charge is 0.310 e. The maximum absolute atomic E-state index is 2.56. The van der Waals surface area contributed by atoms with Crippen LogP contribution < -0.4 is 9.80 Å². The van der Waals surface area contributed by atoms with Crippen LogP contribution in [0.5, 0.6) is 0 Å². The van der Waals surface area contributed by atoms with E-state index >= 15 is 0 Å². The van der Waals surface area contributed by atoms with Crippen molar-refractivity contribution in [2.75, 3.05) is 9.80 Å². The van der Waals surface area contributed by atoms with Crippen LogP contribution in [-0.4, -0.2) is 0 Å². The predicted molar refractivity (Wildman–Crippen MR) is 267 cm³/mol. The number of benzene rings is 8. The van der Waals surface area contributed by atoms with Crippen molar-refractivity contribution in [1.29, 1.82) is 0 Å². The molecule has 63 heavy (non-hydrogen) atoms. The smallest absolute Gasteiger partial charge is 0.0564 e. The molecule has 0 saturated carbocycles. The molecule has 0 unspecified atom stereocenters. The summed E-state index contributed by atoms with van der Waals surface area (Å²) in [6.45, 7) is 14.3. The fourth-order valence-corrected chi connectivity index (χ4v) is 12.3. The molecule has 3 aliphatic rings. The van der Waals surface area contributed by atoms with Crippen molar-refractivity contribution in [3.8, 4) is 33.4 Å². The summed E-state index contributed by atoms with van der Waals surface area (Å²) in [6.07, 6.45) is 4.19. The van der Waals surface area contributed by atoms with E-state index < -0.39 is 0 Å². The van der Waals surface area contributed by atoms with Crippen molar-refractivity contribution in [2.24, 2.45) is 0 Å². The summed E-state index contributed by atoms with van der Waals surface area (Å²) in [5.74, 6) is 0. The Bertz CT molecular complexity index is 3040. The summed E-state index contributed by atoms with van der Waals surface area (Å²) < 4.78 is 0. The molecular weight excluding hydrogens is 761 g/mol. The molecule has 8 aromatic carbocycles. The Kier molecular flexibility index (Phi) is 9.18. The summed E-state index contributed by atoms with van der Waals surface area (Å²) >= 11 is 0. The Morgan fingerprint density at radius 2 is 0.714 bits per heavy atom. The van der Waals surface area contributed by atoms with Crippen LogP contribution >= 0.6 is 0 Å². The Hall–Kier alpha value is -6.64. The molecule has 0 bridgehead atoms. The quantitative estimate of drug-likeness (QED) is 0.136. The minimum atomic E-state index is -0.236. The van der Waals surface area contributed by atoms with Gasteiger partial charge in [0.2, 0.25) is 0 Å². The standard InChI is InChI=1S/C61H56N2/c1-7-60(8-2)52-31-21-17-27-46(52)48-35-33-43(37-54(48)60)62(41-23-13-11-14-24-41)45-39-56-58(50-29-19-20-30-51(50)59(56,5)6)57(40-45)63(42-25-15-12-16-26-42)44-34-36-49-47-28-18-22-32-53(47)61(9-3,10-4)55(49)38-44/h11-40H,7-10H2,1-6H3. The lowest BCUT2D eigenvalue weighted by Gasteiger charge is -2.34. The van der Waals surface area contributed by atoms with E-state index in [2.05, 4.69) is 233 Å². The van der Waals surface area contributed by atoms with Crippen molar-refractivity contribution in [2.45, 2.75) is 83.5 Å². The van der Waals surface area contributed by atoms with E-state index in [0.717, 1.165) is 42.7 Å². The molecule has 0 aliphatic heterocycles. The van der Waals surface area contributed by atoms with E-state index in [1.54, 1.807) is 0 Å². The first-order valence-corrected chi connectivity index (χ1v) is 23.3. The molecule has 310 valence electrons. The second-order valence-electron chi connectivity index (χ2n) is 18.5. The number of para-hydroxylation sites is 2. The maximum Gasteiger partial charge on any atom is 0.0564 e. The number of anilines is 6. The van der Waals surface area contributed by atoms with Crippen molar-refractivity contribution in [1.82, 2.24) is 0 Å². The molecule has 0 amide bonds. The zero-order chi connectivity index (χ0) is 43.1. The number of fused-ring (bicyclic) bond motifs is 9. The fraction of sp³-hybridized carbons (Fsp3) is 0.213. The third kappa shape index (κ3) is 5.56. The van der Waals surface area contributed by atoms with Gasteiger partial charge in [0.1, 0.15) is 0 Å². The SMILES string of the molecule is CCC1(CC)c2ccccc2-c2ccc(N(c3ccccc3)c3cc(N(c4ccccc4)c4ccc5c(c4)C(CC)(CC)c4ccccc4-5)c4c(c3)C(C)(C)c3ccccc3-4)cc21. The number of hydrogen-bond acceptors (Lipinski definition) is 2. The highest BCUT2D eigenvalue weighted by Crippen LogP contribution is 2.59. The fourth-order valence-electron chi connectivity index (χ4n) is 12.3. The molecule has 11 rings (SSSR count). The van der Waals surface area contributed by atoms with Crippen LogP contribution in [-0.2, 0) is 16.2 Å². The van der Waals surface area contributed by atoms with Gasteiger partial charge in [0, 0.05) is 50.2 Å². The zero-order valence-electron chi connectivity index (χ0n) is 37.5. The summed E-state index contributed by atoms with van der Waals surface area (Å²) in [6, 6.07) is 69.0. The lowest BCUT2D eigenvalue weighted by atomic mass is 9.74. The molecule has 0 N–H and O–H groups in total. The molecule has 0 saturated heterocycles. The number of nitrogens with zero attached hydrogens (tertiary/aromatic N) is 2. The highest BCUT2D eigenvalue weighted by Gasteiger charge is 2.44. The molecule has 8 aromatic rings. The van der Waals surface area contributed by atoms with Crippen LogP contribution in [0.2, 0.25) is 0 Å². The van der Waals surface area contributed by atoms with Crippen LogP contribution in [0.1, 0.15) is 101 Å². The third-order valence-electron chi connectivity index (χ3n) is 15.6. The minimum Gasteiger partial charge on any atom is -0.310 e. The molecular formula is C61H56N2. The maximum atomic E-state index is 2.56. The van der Waals surface area contributed by atoms with Crippen LogP contribution in [0.3, 0.4) is 0 Å². The number of rotatable bonds is 10. The highest BCUT2D eigenvalue weighted by molar-refractivity contribution is 5.99. The first-order chi connectivity index (χ1) is 30.8. The summed E-state index contributed by atoms with van der Waals surface area (Å²) in [4.78, 5) is 5.07. The van der Waals surface area contributed by atoms with E-state index in [1.165, 1.54) is 83.8 Å². The summed E-state index contributed by atoms with van der Waals surface area (Å²) in [5, 5.41) is 0.